The molecule has 0 aliphatic carbocycles. The van der Waals surface area contributed by atoms with Crippen LogP contribution in [0.25, 0.3) is 0 Å². The summed E-state index contributed by atoms with van der Waals surface area (Å²) in [6.45, 7) is 2.61. The first kappa shape index (κ1) is 14.4. The minimum atomic E-state index is 0.711. The Kier molecular flexibility index (Phi) is 6.27. The van der Waals surface area contributed by atoms with E-state index in [1.165, 1.54) is 9.77 Å². The summed E-state index contributed by atoms with van der Waals surface area (Å²) in [6, 6.07) is 12.5. The van der Waals surface area contributed by atoms with Crippen molar-refractivity contribution in [2.75, 3.05) is 26.0 Å². The second-order valence-corrected chi connectivity index (χ2v) is 6.02. The molecule has 2 nitrogen and oxygen atoms in total. The van der Waals surface area contributed by atoms with Gasteiger partial charge in [-0.05, 0) is 48.4 Å². The molecule has 19 heavy (non-hydrogen) atoms. The van der Waals surface area contributed by atoms with Crippen LogP contribution in [0, 0.1) is 0 Å². The van der Waals surface area contributed by atoms with E-state index in [1.54, 1.807) is 11.8 Å². The van der Waals surface area contributed by atoms with Gasteiger partial charge in [-0.1, -0.05) is 6.07 Å². The van der Waals surface area contributed by atoms with Crippen LogP contribution in [0.4, 0.5) is 0 Å². The van der Waals surface area contributed by atoms with Crippen LogP contribution in [0.3, 0.4) is 0 Å². The molecular weight excluding hydrogens is 274 g/mol. The highest BCUT2D eigenvalue weighted by Crippen LogP contribution is 2.18. The number of benzene rings is 1. The van der Waals surface area contributed by atoms with Crippen LogP contribution in [0.1, 0.15) is 4.88 Å². The maximum absolute atomic E-state index is 5.67. The van der Waals surface area contributed by atoms with Crippen LogP contribution in [0.15, 0.2) is 46.7 Å². The molecular formula is C15H19NOS2. The lowest BCUT2D eigenvalue weighted by atomic mass is 10.3. The van der Waals surface area contributed by atoms with E-state index in [9.17, 15) is 0 Å². The second-order valence-electron chi connectivity index (χ2n) is 4.10. The molecule has 102 valence electrons. The number of nitrogens with one attached hydrogen (secondary N) is 1. The van der Waals surface area contributed by atoms with Crippen molar-refractivity contribution in [3.05, 3.63) is 46.7 Å². The molecule has 0 saturated carbocycles. The molecule has 4 heteroatoms. The van der Waals surface area contributed by atoms with Crippen molar-refractivity contribution in [3.8, 4) is 5.75 Å². The van der Waals surface area contributed by atoms with Gasteiger partial charge in [-0.2, -0.15) is 0 Å². The van der Waals surface area contributed by atoms with E-state index in [0.29, 0.717) is 6.61 Å². The molecule has 0 radical (unpaired) electrons. The lowest BCUT2D eigenvalue weighted by Gasteiger charge is -2.07. The molecule has 0 aliphatic heterocycles. The smallest absolute Gasteiger partial charge is 0.119 e. The van der Waals surface area contributed by atoms with E-state index < -0.39 is 0 Å². The molecule has 0 aliphatic rings. The Morgan fingerprint density at radius 2 is 2.00 bits per heavy atom. The van der Waals surface area contributed by atoms with Crippen LogP contribution >= 0.6 is 23.1 Å². The number of rotatable bonds is 8. The predicted octanol–water partition coefficient (Wildman–Crippen LogP) is 3.68. The maximum atomic E-state index is 5.67. The van der Waals surface area contributed by atoms with Gasteiger partial charge in [0.25, 0.3) is 0 Å². The fourth-order valence-corrected chi connectivity index (χ4v) is 2.82. The van der Waals surface area contributed by atoms with Crippen LogP contribution in [0.5, 0.6) is 5.75 Å². The van der Waals surface area contributed by atoms with E-state index in [-0.39, 0.29) is 0 Å². The predicted molar refractivity (Wildman–Crippen MR) is 84.6 cm³/mol. The highest BCUT2D eigenvalue weighted by Gasteiger charge is 1.96. The van der Waals surface area contributed by atoms with E-state index in [1.807, 2.05) is 23.5 Å². The van der Waals surface area contributed by atoms with Crippen LogP contribution in [-0.4, -0.2) is 26.0 Å². The third-order valence-electron chi connectivity index (χ3n) is 2.74. The number of thiophene rings is 1. The van der Waals surface area contributed by atoms with Crippen LogP contribution in [-0.2, 0) is 6.42 Å². The molecule has 1 aromatic heterocycles. The van der Waals surface area contributed by atoms with E-state index in [2.05, 4.69) is 41.2 Å². The molecule has 0 fully saturated rings. The fourth-order valence-electron chi connectivity index (χ4n) is 1.70. The molecule has 2 aromatic rings. The Labute approximate surface area is 123 Å². The summed E-state index contributed by atoms with van der Waals surface area (Å²) in [7, 11) is 0. The number of ether oxygens (including phenoxy) is 1. The fraction of sp³-hybridized carbons (Fsp3) is 0.333. The molecule has 0 amide bonds. The Bertz CT molecular complexity index is 454. The zero-order valence-corrected chi connectivity index (χ0v) is 12.7. The molecule has 1 heterocycles. The minimum absolute atomic E-state index is 0.711. The average molecular weight is 293 g/mol. The Hall–Kier alpha value is -0.970. The van der Waals surface area contributed by atoms with Crippen molar-refractivity contribution in [1.82, 2.24) is 5.32 Å². The van der Waals surface area contributed by atoms with E-state index in [0.717, 1.165) is 25.3 Å². The monoisotopic (exact) mass is 293 g/mol. The van der Waals surface area contributed by atoms with Gasteiger partial charge in [0.15, 0.2) is 0 Å². The van der Waals surface area contributed by atoms with Gasteiger partial charge in [-0.15, -0.1) is 23.1 Å². The van der Waals surface area contributed by atoms with Crippen molar-refractivity contribution < 1.29 is 4.74 Å². The summed E-state index contributed by atoms with van der Waals surface area (Å²) in [5, 5.41) is 5.52. The Morgan fingerprint density at radius 3 is 2.68 bits per heavy atom. The maximum Gasteiger partial charge on any atom is 0.119 e. The topological polar surface area (TPSA) is 21.3 Å². The standard InChI is InChI=1S/C15H19NOS2/c1-18-14-6-4-13(5-7-14)17-11-10-16-9-8-15-3-2-12-19-15/h2-7,12,16H,8-11H2,1H3. The summed E-state index contributed by atoms with van der Waals surface area (Å²) in [6.07, 6.45) is 3.17. The number of thioether (sulfide) groups is 1. The van der Waals surface area contributed by atoms with Crippen molar-refractivity contribution in [2.24, 2.45) is 0 Å². The van der Waals surface area contributed by atoms with Gasteiger partial charge in [0.1, 0.15) is 12.4 Å². The normalized spacial score (nSPS) is 10.6. The van der Waals surface area contributed by atoms with Crippen molar-refractivity contribution in [2.45, 2.75) is 11.3 Å². The van der Waals surface area contributed by atoms with Gasteiger partial charge in [0.2, 0.25) is 0 Å². The summed E-state index contributed by atoms with van der Waals surface area (Å²) >= 11 is 3.56. The molecule has 0 bridgehead atoms. The quantitative estimate of drug-likeness (QED) is 0.592. The van der Waals surface area contributed by atoms with E-state index >= 15 is 0 Å². The zero-order chi connectivity index (χ0) is 13.3. The lowest BCUT2D eigenvalue weighted by Crippen LogP contribution is -2.23. The van der Waals surface area contributed by atoms with Gasteiger partial charge < -0.3 is 10.1 Å². The SMILES string of the molecule is CSc1ccc(OCCNCCc2cccs2)cc1. The number of hydrogen-bond acceptors (Lipinski definition) is 4. The number of hydrogen-bond donors (Lipinski definition) is 1. The van der Waals surface area contributed by atoms with Crippen LogP contribution < -0.4 is 10.1 Å². The van der Waals surface area contributed by atoms with Crippen molar-refractivity contribution in [3.63, 3.8) is 0 Å². The summed E-state index contributed by atoms with van der Waals surface area (Å²) in [4.78, 5) is 2.70. The first-order chi connectivity index (χ1) is 9.38. The van der Waals surface area contributed by atoms with Gasteiger partial charge in [-0.25, -0.2) is 0 Å². The van der Waals surface area contributed by atoms with Gasteiger partial charge in [0.05, 0.1) is 0 Å². The average Bonchev–Trinajstić information content (AvgIpc) is 2.96. The highest BCUT2D eigenvalue weighted by atomic mass is 32.2. The zero-order valence-electron chi connectivity index (χ0n) is 11.1. The molecule has 0 atom stereocenters. The van der Waals surface area contributed by atoms with E-state index in [4.69, 9.17) is 4.74 Å². The third kappa shape index (κ3) is 5.27. The molecule has 0 saturated heterocycles. The van der Waals surface area contributed by atoms with Crippen LogP contribution in [0.2, 0.25) is 0 Å². The molecule has 0 unspecified atom stereocenters. The molecule has 1 N–H and O–H groups in total. The van der Waals surface area contributed by atoms with Crippen molar-refractivity contribution in [1.29, 1.82) is 0 Å². The van der Waals surface area contributed by atoms with Gasteiger partial charge in [0, 0.05) is 22.9 Å². The lowest BCUT2D eigenvalue weighted by molar-refractivity contribution is 0.314. The second kappa shape index (κ2) is 8.25. The van der Waals surface area contributed by atoms with Crippen molar-refractivity contribution >= 4 is 23.1 Å². The largest absolute Gasteiger partial charge is 0.492 e. The highest BCUT2D eigenvalue weighted by molar-refractivity contribution is 7.98. The third-order valence-corrected chi connectivity index (χ3v) is 4.42. The first-order valence-electron chi connectivity index (χ1n) is 6.38. The molecule has 2 rings (SSSR count). The van der Waals surface area contributed by atoms with Gasteiger partial charge >= 0.3 is 0 Å². The minimum Gasteiger partial charge on any atom is -0.492 e. The summed E-state index contributed by atoms with van der Waals surface area (Å²) in [5.74, 6) is 0.942. The molecule has 1 aromatic carbocycles. The summed E-state index contributed by atoms with van der Waals surface area (Å²) in [5.41, 5.74) is 0. The Balaban J connectivity index is 1.56. The Morgan fingerprint density at radius 1 is 1.16 bits per heavy atom. The van der Waals surface area contributed by atoms with Gasteiger partial charge in [-0.3, -0.25) is 0 Å². The molecule has 0 spiro atoms. The first-order valence-corrected chi connectivity index (χ1v) is 8.49. The summed E-state index contributed by atoms with van der Waals surface area (Å²) < 4.78 is 5.67.